The maximum atomic E-state index is 12.8. The molecule has 0 fully saturated rings. The predicted octanol–water partition coefficient (Wildman–Crippen LogP) is 7.52. The lowest BCUT2D eigenvalue weighted by Gasteiger charge is -2.13. The second kappa shape index (κ2) is 8.68. The van der Waals surface area contributed by atoms with Crippen molar-refractivity contribution in [1.82, 2.24) is 4.98 Å². The van der Waals surface area contributed by atoms with Crippen molar-refractivity contribution in [1.29, 1.82) is 0 Å². The van der Waals surface area contributed by atoms with Gasteiger partial charge in [-0.3, -0.25) is 4.72 Å². The largest absolute Gasteiger partial charge is 0.429 e. The third-order valence-electron chi connectivity index (χ3n) is 4.53. The summed E-state index contributed by atoms with van der Waals surface area (Å²) in [5.41, 5.74) is 0.826. The van der Waals surface area contributed by atoms with E-state index in [9.17, 15) is 21.6 Å². The first kappa shape index (κ1) is 23.6. The van der Waals surface area contributed by atoms with Crippen molar-refractivity contribution in [3.05, 3.63) is 75.8 Å². The Bertz CT molecular complexity index is 1470. The number of hydrogen-bond donors (Lipinski definition) is 1. The normalized spacial score (nSPS) is 12.2. The first-order valence-corrected chi connectivity index (χ1v) is 12.2. The number of para-hydroxylation sites is 1. The van der Waals surface area contributed by atoms with Crippen molar-refractivity contribution >= 4 is 60.5 Å². The average molecular weight is 533 g/mol. The van der Waals surface area contributed by atoms with Gasteiger partial charge in [-0.25, -0.2) is 13.4 Å². The van der Waals surface area contributed by atoms with Gasteiger partial charge in [-0.1, -0.05) is 46.7 Å². The number of nitrogens with one attached hydrogen (secondary N) is 1. The summed E-state index contributed by atoms with van der Waals surface area (Å²) in [6.07, 6.45) is -4.65. The zero-order valence-corrected chi connectivity index (χ0v) is 19.7. The van der Waals surface area contributed by atoms with Gasteiger partial charge in [0.1, 0.15) is 10.6 Å². The Hall–Kier alpha value is -2.53. The van der Waals surface area contributed by atoms with Crippen LogP contribution in [0.15, 0.2) is 59.5 Å². The van der Waals surface area contributed by atoms with Gasteiger partial charge in [-0.15, -0.1) is 0 Å². The molecule has 1 aromatic heterocycles. The Balaban J connectivity index is 1.56. The molecule has 4 rings (SSSR count). The van der Waals surface area contributed by atoms with E-state index in [0.29, 0.717) is 17.3 Å². The Kier molecular flexibility index (Phi) is 6.21. The van der Waals surface area contributed by atoms with Gasteiger partial charge in [0.25, 0.3) is 15.2 Å². The molecule has 0 spiro atoms. The van der Waals surface area contributed by atoms with Crippen molar-refractivity contribution in [2.75, 3.05) is 4.72 Å². The zero-order chi connectivity index (χ0) is 24.0. The summed E-state index contributed by atoms with van der Waals surface area (Å²) in [7, 11) is -4.28. The lowest BCUT2D eigenvalue weighted by atomic mass is 10.2. The monoisotopic (exact) mass is 532 g/mol. The van der Waals surface area contributed by atoms with Crippen LogP contribution in [0.25, 0.3) is 10.2 Å². The first-order chi connectivity index (χ1) is 15.4. The lowest BCUT2D eigenvalue weighted by molar-refractivity contribution is -0.137. The number of ether oxygens (including phenoxy) is 1. The van der Waals surface area contributed by atoms with E-state index in [4.69, 9.17) is 27.9 Å². The highest BCUT2D eigenvalue weighted by molar-refractivity contribution is 7.92. The number of thiazole rings is 1. The fraction of sp³-hybridized carbons (Fsp3) is 0.0952. The van der Waals surface area contributed by atoms with Crippen molar-refractivity contribution in [3.8, 4) is 10.9 Å². The number of halogens is 5. The van der Waals surface area contributed by atoms with Crippen LogP contribution < -0.4 is 9.46 Å². The van der Waals surface area contributed by atoms with Crippen LogP contribution in [0.1, 0.15) is 11.1 Å². The summed E-state index contributed by atoms with van der Waals surface area (Å²) in [5.74, 6) is 0.254. The smallest absolute Gasteiger partial charge is 0.416 e. The highest BCUT2D eigenvalue weighted by atomic mass is 35.5. The van der Waals surface area contributed by atoms with Gasteiger partial charge in [0.05, 0.1) is 31.5 Å². The van der Waals surface area contributed by atoms with E-state index in [0.717, 1.165) is 21.8 Å². The lowest BCUT2D eigenvalue weighted by Crippen LogP contribution is -2.14. The Morgan fingerprint density at radius 2 is 1.79 bits per heavy atom. The fourth-order valence-corrected chi connectivity index (χ4v) is 5.68. The number of anilines is 1. The quantitative estimate of drug-likeness (QED) is 0.288. The molecule has 4 aromatic rings. The number of benzene rings is 3. The minimum absolute atomic E-state index is 0.0726. The van der Waals surface area contributed by atoms with Crippen LogP contribution >= 0.6 is 34.5 Å². The molecule has 12 heteroatoms. The Morgan fingerprint density at radius 3 is 2.42 bits per heavy atom. The molecular weight excluding hydrogens is 520 g/mol. The molecule has 172 valence electrons. The topological polar surface area (TPSA) is 68.3 Å². The molecule has 1 heterocycles. The zero-order valence-electron chi connectivity index (χ0n) is 16.6. The molecule has 0 unspecified atom stereocenters. The van der Waals surface area contributed by atoms with Crippen LogP contribution in [0, 0.1) is 6.92 Å². The second-order valence-electron chi connectivity index (χ2n) is 6.90. The molecule has 0 atom stereocenters. The first-order valence-electron chi connectivity index (χ1n) is 9.17. The molecule has 3 aromatic carbocycles. The van der Waals surface area contributed by atoms with Crippen molar-refractivity contribution in [3.63, 3.8) is 0 Å². The number of sulfonamides is 1. The summed E-state index contributed by atoms with van der Waals surface area (Å²) in [4.78, 5) is 3.93. The van der Waals surface area contributed by atoms with Gasteiger partial charge < -0.3 is 4.74 Å². The van der Waals surface area contributed by atoms with Crippen LogP contribution in [-0.2, 0) is 16.2 Å². The van der Waals surface area contributed by atoms with Crippen LogP contribution in [0.3, 0.4) is 0 Å². The van der Waals surface area contributed by atoms with Crippen LogP contribution in [-0.4, -0.2) is 13.4 Å². The average Bonchev–Trinajstić information content (AvgIpc) is 3.13. The second-order valence-corrected chi connectivity index (χ2v) is 10.4. The van der Waals surface area contributed by atoms with E-state index in [2.05, 4.69) is 9.71 Å². The highest BCUT2D eigenvalue weighted by Gasteiger charge is 2.32. The number of rotatable bonds is 5. The van der Waals surface area contributed by atoms with Crippen LogP contribution in [0.4, 0.5) is 18.9 Å². The fourth-order valence-electron chi connectivity index (χ4n) is 2.96. The summed E-state index contributed by atoms with van der Waals surface area (Å²) >= 11 is 13.4. The molecule has 0 bridgehead atoms. The molecular formula is C21H13Cl2F3N2O3S2. The molecule has 0 amide bonds. The van der Waals surface area contributed by atoms with E-state index in [-0.39, 0.29) is 16.5 Å². The molecule has 0 saturated heterocycles. The summed E-state index contributed by atoms with van der Waals surface area (Å²) in [6.45, 7) is 1.93. The van der Waals surface area contributed by atoms with Gasteiger partial charge in [0.15, 0.2) is 0 Å². The number of fused-ring (bicyclic) bond motifs is 1. The molecule has 1 N–H and O–H groups in total. The molecule has 0 saturated carbocycles. The van der Waals surface area contributed by atoms with Crippen LogP contribution in [0.5, 0.6) is 10.9 Å². The minimum Gasteiger partial charge on any atom is -0.429 e. The molecule has 5 nitrogen and oxygen atoms in total. The van der Waals surface area contributed by atoms with E-state index < -0.39 is 31.7 Å². The molecule has 0 radical (unpaired) electrons. The van der Waals surface area contributed by atoms with E-state index >= 15 is 0 Å². The summed E-state index contributed by atoms with van der Waals surface area (Å²) in [6, 6.07) is 11.9. The predicted molar refractivity (Wildman–Crippen MR) is 123 cm³/mol. The SMILES string of the molecule is Cc1cccc2sc(Oc3ccc(NS(=O)(=O)c4ccc(C(F)(F)F)cc4Cl)cc3Cl)nc12. The Labute approximate surface area is 200 Å². The van der Waals surface area contributed by atoms with Crippen molar-refractivity contribution in [2.24, 2.45) is 0 Å². The highest BCUT2D eigenvalue weighted by Crippen LogP contribution is 2.37. The van der Waals surface area contributed by atoms with E-state index in [1.54, 1.807) is 0 Å². The number of hydrogen-bond acceptors (Lipinski definition) is 5. The van der Waals surface area contributed by atoms with Gasteiger partial charge in [0.2, 0.25) is 0 Å². The van der Waals surface area contributed by atoms with E-state index in [1.807, 2.05) is 25.1 Å². The third kappa shape index (κ3) is 5.03. The number of alkyl halides is 3. The number of nitrogens with zero attached hydrogens (tertiary/aromatic N) is 1. The van der Waals surface area contributed by atoms with Crippen LogP contribution in [0.2, 0.25) is 10.0 Å². The molecule has 0 aliphatic carbocycles. The summed E-state index contributed by atoms with van der Waals surface area (Å²) in [5, 5.41) is -0.0923. The van der Waals surface area contributed by atoms with Gasteiger partial charge in [0, 0.05) is 0 Å². The van der Waals surface area contributed by atoms with E-state index in [1.165, 1.54) is 29.5 Å². The van der Waals surface area contributed by atoms with Gasteiger partial charge >= 0.3 is 6.18 Å². The maximum absolute atomic E-state index is 12.8. The van der Waals surface area contributed by atoms with Gasteiger partial charge in [-0.2, -0.15) is 13.2 Å². The molecule has 33 heavy (non-hydrogen) atoms. The van der Waals surface area contributed by atoms with Crippen molar-refractivity contribution < 1.29 is 26.3 Å². The van der Waals surface area contributed by atoms with Crippen molar-refractivity contribution in [2.45, 2.75) is 18.0 Å². The standard InChI is InChI=1S/C21H13Cl2F3N2O3S2/c1-11-3-2-4-17-19(11)27-20(32-17)31-16-7-6-13(10-14(16)22)28-33(29,30)18-8-5-12(9-15(18)23)21(24,25)26/h2-10,28H,1H3. The van der Waals surface area contributed by atoms with Gasteiger partial charge in [-0.05, 0) is 55.0 Å². The Morgan fingerprint density at radius 1 is 1.03 bits per heavy atom. The number of aromatic nitrogens is 1. The molecule has 0 aliphatic rings. The third-order valence-corrected chi connectivity index (χ3v) is 7.59. The minimum atomic E-state index is -4.65. The maximum Gasteiger partial charge on any atom is 0.416 e. The summed E-state index contributed by atoms with van der Waals surface area (Å²) < 4.78 is 72.7. The number of aryl methyl sites for hydroxylation is 1. The molecule has 0 aliphatic heterocycles.